The van der Waals surface area contributed by atoms with Crippen LogP contribution < -0.4 is 10.5 Å². The number of amides is 1. The summed E-state index contributed by atoms with van der Waals surface area (Å²) in [4.78, 5) is 35.2. The zero-order valence-corrected chi connectivity index (χ0v) is 19.0. The highest BCUT2D eigenvalue weighted by atomic mass is 32.2. The largest absolute Gasteiger partial charge is 0.372 e. The van der Waals surface area contributed by atoms with Crippen molar-refractivity contribution in [2.24, 2.45) is 0 Å². The number of nitrogens with zero attached hydrogens (tertiary/aromatic N) is 4. The molecular formula is C21H24N4O3S2. The van der Waals surface area contributed by atoms with Crippen molar-refractivity contribution in [3.8, 4) is 0 Å². The number of aryl methyl sites for hydroxylation is 1. The van der Waals surface area contributed by atoms with Crippen LogP contribution in [-0.2, 0) is 9.53 Å². The van der Waals surface area contributed by atoms with Crippen molar-refractivity contribution in [2.45, 2.75) is 39.9 Å². The van der Waals surface area contributed by atoms with Gasteiger partial charge in [0.15, 0.2) is 0 Å². The maximum Gasteiger partial charge on any atom is 0.267 e. The highest BCUT2D eigenvalue weighted by Gasteiger charge is 2.32. The lowest BCUT2D eigenvalue weighted by atomic mass is 10.1. The van der Waals surface area contributed by atoms with Crippen molar-refractivity contribution in [2.75, 3.05) is 24.5 Å². The third kappa shape index (κ3) is 3.66. The van der Waals surface area contributed by atoms with Gasteiger partial charge in [0, 0.05) is 25.8 Å². The van der Waals surface area contributed by atoms with Gasteiger partial charge in [0.25, 0.3) is 11.5 Å². The molecular weight excluding hydrogens is 420 g/mol. The van der Waals surface area contributed by atoms with E-state index in [2.05, 4.69) is 4.90 Å². The maximum atomic E-state index is 13.5. The predicted molar refractivity (Wildman–Crippen MR) is 124 cm³/mol. The van der Waals surface area contributed by atoms with E-state index in [9.17, 15) is 9.59 Å². The van der Waals surface area contributed by atoms with E-state index in [4.69, 9.17) is 21.9 Å². The lowest BCUT2D eigenvalue weighted by Crippen LogP contribution is -2.46. The topological polar surface area (TPSA) is 67.2 Å². The van der Waals surface area contributed by atoms with E-state index in [1.54, 1.807) is 21.6 Å². The van der Waals surface area contributed by atoms with E-state index in [1.165, 1.54) is 11.8 Å². The minimum absolute atomic E-state index is 0.0111. The molecule has 0 N–H and O–H groups in total. The molecule has 0 bridgehead atoms. The predicted octanol–water partition coefficient (Wildman–Crippen LogP) is 2.84. The summed E-state index contributed by atoms with van der Waals surface area (Å²) in [5, 5.41) is 0. The molecule has 1 amide bonds. The molecule has 0 saturated carbocycles. The molecule has 9 heteroatoms. The number of carbonyl (C=O) groups excluding carboxylic acids is 1. The summed E-state index contributed by atoms with van der Waals surface area (Å²) in [6, 6.07) is 3.76. The molecule has 7 nitrogen and oxygen atoms in total. The van der Waals surface area contributed by atoms with Crippen molar-refractivity contribution < 1.29 is 9.53 Å². The number of thioether (sulfide) groups is 1. The molecule has 2 atom stereocenters. The first kappa shape index (κ1) is 21.0. The molecule has 158 valence electrons. The Bertz CT molecular complexity index is 1120. The van der Waals surface area contributed by atoms with Crippen LogP contribution in [0.4, 0.5) is 5.82 Å². The average Bonchev–Trinajstić information content (AvgIpc) is 2.96. The summed E-state index contributed by atoms with van der Waals surface area (Å²) < 4.78 is 7.91. The molecule has 2 aromatic rings. The second kappa shape index (κ2) is 8.13. The van der Waals surface area contributed by atoms with Crippen molar-refractivity contribution in [1.82, 2.24) is 14.3 Å². The zero-order chi connectivity index (χ0) is 21.6. The number of pyridine rings is 1. The number of ether oxygens (including phenoxy) is 1. The molecule has 0 unspecified atom stereocenters. The second-order valence-corrected chi connectivity index (χ2v) is 9.30. The van der Waals surface area contributed by atoms with Gasteiger partial charge in [-0.15, -0.1) is 0 Å². The number of morpholine rings is 1. The molecule has 2 saturated heterocycles. The van der Waals surface area contributed by atoms with Crippen molar-refractivity contribution >= 4 is 51.7 Å². The van der Waals surface area contributed by atoms with E-state index in [0.29, 0.717) is 45.9 Å². The summed E-state index contributed by atoms with van der Waals surface area (Å²) >= 11 is 6.55. The summed E-state index contributed by atoms with van der Waals surface area (Å²) in [7, 11) is 0. The van der Waals surface area contributed by atoms with E-state index in [-0.39, 0.29) is 23.7 Å². The molecule has 0 radical (unpaired) electrons. The van der Waals surface area contributed by atoms with E-state index in [0.717, 1.165) is 5.56 Å². The monoisotopic (exact) mass is 444 g/mol. The van der Waals surface area contributed by atoms with Gasteiger partial charge < -0.3 is 9.64 Å². The number of thiocarbonyl (C=S) groups is 1. The smallest absolute Gasteiger partial charge is 0.267 e. The first-order valence-corrected chi connectivity index (χ1v) is 11.2. The average molecular weight is 445 g/mol. The Balaban J connectivity index is 1.92. The number of anilines is 1. The van der Waals surface area contributed by atoms with E-state index in [1.807, 2.05) is 39.8 Å². The van der Waals surface area contributed by atoms with Crippen LogP contribution in [0.5, 0.6) is 0 Å². The summed E-state index contributed by atoms with van der Waals surface area (Å²) in [6.45, 7) is 9.57. The first-order chi connectivity index (χ1) is 14.3. The van der Waals surface area contributed by atoms with Crippen LogP contribution in [0, 0.1) is 6.92 Å². The molecule has 2 aliphatic heterocycles. The standard InChI is InChI=1S/C21H24N4O3S2/c1-5-24-20(27)16(30-21(24)29)9-15-18(23-10-13(3)28-14(4)11-23)22-17-12(2)7-6-8-25(17)19(15)26/h6-9,13-14H,5,10-11H2,1-4H3/b16-9-/t13-,14-/m1/s1. The van der Waals surface area contributed by atoms with Gasteiger partial charge in [0.1, 0.15) is 15.8 Å². The molecule has 4 rings (SSSR count). The van der Waals surface area contributed by atoms with Crippen LogP contribution in [-0.4, -0.2) is 56.4 Å². The Labute approximate surface area is 184 Å². The molecule has 2 aliphatic rings. The molecule has 2 aromatic heterocycles. The number of aromatic nitrogens is 2. The van der Waals surface area contributed by atoms with Crippen molar-refractivity contribution in [3.05, 3.63) is 44.7 Å². The summed E-state index contributed by atoms with van der Waals surface area (Å²) in [5.74, 6) is 0.411. The molecule has 0 spiro atoms. The first-order valence-electron chi connectivity index (χ1n) is 9.98. The van der Waals surface area contributed by atoms with Crippen molar-refractivity contribution in [1.29, 1.82) is 0 Å². The molecule has 30 heavy (non-hydrogen) atoms. The van der Waals surface area contributed by atoms with Crippen LogP contribution in [0.3, 0.4) is 0 Å². The zero-order valence-electron chi connectivity index (χ0n) is 17.4. The molecule has 4 heterocycles. The third-order valence-corrected chi connectivity index (χ3v) is 6.63. The van der Waals surface area contributed by atoms with Gasteiger partial charge in [-0.25, -0.2) is 4.98 Å². The Hall–Kier alpha value is -2.23. The van der Waals surface area contributed by atoms with Gasteiger partial charge >= 0.3 is 0 Å². The molecule has 2 fully saturated rings. The minimum Gasteiger partial charge on any atom is -0.372 e. The Kier molecular flexibility index (Phi) is 5.69. The number of hydrogen-bond donors (Lipinski definition) is 0. The summed E-state index contributed by atoms with van der Waals surface area (Å²) in [5.41, 5.74) is 1.72. The maximum absolute atomic E-state index is 13.5. The number of carbonyl (C=O) groups is 1. The van der Waals surface area contributed by atoms with Crippen LogP contribution in [0.25, 0.3) is 11.7 Å². The number of hydrogen-bond acceptors (Lipinski definition) is 7. The SMILES string of the molecule is CCN1C(=O)/C(=C/c2c(N3C[C@@H](C)O[C@H](C)C3)nc3c(C)cccn3c2=O)SC1=S. The quantitative estimate of drug-likeness (QED) is 0.533. The van der Waals surface area contributed by atoms with Gasteiger partial charge in [0.2, 0.25) is 0 Å². The lowest BCUT2D eigenvalue weighted by molar-refractivity contribution is -0.121. The minimum atomic E-state index is -0.202. The van der Waals surface area contributed by atoms with Crippen LogP contribution in [0.2, 0.25) is 0 Å². The number of likely N-dealkylation sites (N-methyl/N-ethyl adjacent to an activating group) is 1. The Morgan fingerprint density at radius 1 is 1.30 bits per heavy atom. The normalized spacial score (nSPS) is 23.8. The van der Waals surface area contributed by atoms with E-state index >= 15 is 0 Å². The van der Waals surface area contributed by atoms with Crippen molar-refractivity contribution in [3.63, 3.8) is 0 Å². The highest BCUT2D eigenvalue weighted by Crippen LogP contribution is 2.33. The lowest BCUT2D eigenvalue weighted by Gasteiger charge is -2.36. The van der Waals surface area contributed by atoms with Gasteiger partial charge in [0.05, 0.1) is 22.7 Å². The Morgan fingerprint density at radius 2 is 2.00 bits per heavy atom. The molecule has 0 aliphatic carbocycles. The fraction of sp³-hybridized carbons (Fsp3) is 0.429. The van der Waals surface area contributed by atoms with Crippen LogP contribution >= 0.6 is 24.0 Å². The second-order valence-electron chi connectivity index (χ2n) is 7.63. The fourth-order valence-electron chi connectivity index (χ4n) is 3.92. The fourth-order valence-corrected chi connectivity index (χ4v) is 5.29. The van der Waals surface area contributed by atoms with Gasteiger partial charge in [-0.2, -0.15) is 0 Å². The van der Waals surface area contributed by atoms with Gasteiger partial charge in [-0.05, 0) is 45.4 Å². The van der Waals surface area contributed by atoms with Crippen LogP contribution in [0.1, 0.15) is 31.9 Å². The Morgan fingerprint density at radius 3 is 2.63 bits per heavy atom. The highest BCUT2D eigenvalue weighted by molar-refractivity contribution is 8.26. The molecule has 0 aromatic carbocycles. The summed E-state index contributed by atoms with van der Waals surface area (Å²) in [6.07, 6.45) is 3.38. The number of rotatable bonds is 3. The van der Waals surface area contributed by atoms with E-state index < -0.39 is 0 Å². The van der Waals surface area contributed by atoms with Gasteiger partial charge in [-0.1, -0.05) is 30.0 Å². The van der Waals surface area contributed by atoms with Gasteiger partial charge in [-0.3, -0.25) is 18.9 Å². The number of fused-ring (bicyclic) bond motifs is 1. The third-order valence-electron chi connectivity index (χ3n) is 5.25. The van der Waals surface area contributed by atoms with Crippen LogP contribution in [0.15, 0.2) is 28.0 Å².